The topological polar surface area (TPSA) is 67.2 Å². The number of piperidine rings is 1. The molecule has 3 heterocycles. The Bertz CT molecular complexity index is 1320. The average Bonchev–Trinajstić information content (AvgIpc) is 3.74. The highest BCUT2D eigenvalue weighted by molar-refractivity contribution is 5.89. The summed E-state index contributed by atoms with van der Waals surface area (Å²) in [7, 11) is 5.51. The number of aryl methyl sites for hydroxylation is 1. The lowest BCUT2D eigenvalue weighted by Crippen LogP contribution is -2.54. The molecule has 7 heteroatoms. The number of rotatable bonds is 6. The van der Waals surface area contributed by atoms with Gasteiger partial charge in [-0.25, -0.2) is 0 Å². The number of benzene rings is 2. The van der Waals surface area contributed by atoms with Gasteiger partial charge in [0.15, 0.2) is 0 Å². The zero-order chi connectivity index (χ0) is 25.7. The maximum Gasteiger partial charge on any atom is 0.225 e. The van der Waals surface area contributed by atoms with Crippen molar-refractivity contribution in [3.05, 3.63) is 59.3 Å². The minimum atomic E-state index is -0.139. The van der Waals surface area contributed by atoms with Gasteiger partial charge in [0.1, 0.15) is 11.5 Å². The Morgan fingerprint density at radius 1 is 1.08 bits per heavy atom. The zero-order valence-electron chi connectivity index (χ0n) is 22.1. The summed E-state index contributed by atoms with van der Waals surface area (Å²) in [4.78, 5) is 17.4. The Kier molecular flexibility index (Phi) is 6.16. The number of ether oxygens (including phenoxy) is 2. The molecule has 1 saturated heterocycles. The van der Waals surface area contributed by atoms with Crippen molar-refractivity contribution in [2.45, 2.75) is 43.7 Å². The Morgan fingerprint density at radius 2 is 1.84 bits per heavy atom. The van der Waals surface area contributed by atoms with Crippen LogP contribution in [0.1, 0.15) is 48.5 Å². The molecule has 2 aliphatic heterocycles. The Morgan fingerprint density at radius 3 is 2.51 bits per heavy atom. The van der Waals surface area contributed by atoms with Crippen LogP contribution in [0.2, 0.25) is 0 Å². The summed E-state index contributed by atoms with van der Waals surface area (Å²) >= 11 is 0. The van der Waals surface area contributed by atoms with Crippen molar-refractivity contribution in [3.63, 3.8) is 0 Å². The highest BCUT2D eigenvalue weighted by atomic mass is 16.5. The number of carbonyl (C=O) groups is 1. The van der Waals surface area contributed by atoms with Gasteiger partial charge in [0.2, 0.25) is 5.91 Å². The largest absolute Gasteiger partial charge is 0.497 e. The number of para-hydroxylation sites is 1. The fourth-order valence-electron chi connectivity index (χ4n) is 6.83. The first-order valence-electron chi connectivity index (χ1n) is 13.4. The number of carbonyl (C=O) groups excluding carboxylic acids is 1. The predicted molar refractivity (Wildman–Crippen MR) is 143 cm³/mol. The Hall–Kier alpha value is -3.03. The number of nitrogens with zero attached hydrogens (tertiary/aromatic N) is 3. The third kappa shape index (κ3) is 3.99. The van der Waals surface area contributed by atoms with Crippen molar-refractivity contribution in [1.29, 1.82) is 0 Å². The first kappa shape index (κ1) is 24.3. The fraction of sp³-hybridized carbons (Fsp3) is 0.500. The maximum absolute atomic E-state index is 12.9. The first-order valence-corrected chi connectivity index (χ1v) is 13.4. The Labute approximate surface area is 218 Å². The van der Waals surface area contributed by atoms with Crippen molar-refractivity contribution in [3.8, 4) is 11.5 Å². The van der Waals surface area contributed by atoms with Gasteiger partial charge in [-0.05, 0) is 49.4 Å². The van der Waals surface area contributed by atoms with E-state index < -0.39 is 0 Å². The average molecular weight is 504 g/mol. The van der Waals surface area contributed by atoms with Gasteiger partial charge in [-0.2, -0.15) is 0 Å². The number of aliphatic hydroxyl groups is 1. The number of amides is 1. The second-order valence-corrected chi connectivity index (χ2v) is 11.0. The number of likely N-dealkylation sites (tertiary alicyclic amines) is 1. The van der Waals surface area contributed by atoms with E-state index in [0.29, 0.717) is 12.5 Å². The number of fused-ring (bicyclic) bond motifs is 4. The van der Waals surface area contributed by atoms with Crippen LogP contribution in [0.4, 0.5) is 0 Å². The smallest absolute Gasteiger partial charge is 0.225 e. The summed E-state index contributed by atoms with van der Waals surface area (Å²) in [5.41, 5.74) is 4.66. The molecule has 1 atom stereocenters. The lowest BCUT2D eigenvalue weighted by molar-refractivity contribution is -0.134. The van der Waals surface area contributed by atoms with Gasteiger partial charge in [0.25, 0.3) is 0 Å². The van der Waals surface area contributed by atoms with Crippen molar-refractivity contribution in [2.24, 2.45) is 13.0 Å². The highest BCUT2D eigenvalue weighted by Crippen LogP contribution is 2.51. The second kappa shape index (κ2) is 9.37. The van der Waals surface area contributed by atoms with Gasteiger partial charge in [0.05, 0.1) is 32.4 Å². The summed E-state index contributed by atoms with van der Waals surface area (Å²) in [5, 5.41) is 12.0. The molecule has 7 nitrogen and oxygen atoms in total. The summed E-state index contributed by atoms with van der Waals surface area (Å²) in [6.45, 7) is 3.12. The van der Waals surface area contributed by atoms with Gasteiger partial charge in [0, 0.05) is 67.3 Å². The van der Waals surface area contributed by atoms with Crippen molar-refractivity contribution in [1.82, 2.24) is 14.4 Å². The summed E-state index contributed by atoms with van der Waals surface area (Å²) < 4.78 is 13.5. The second-order valence-electron chi connectivity index (χ2n) is 11.0. The van der Waals surface area contributed by atoms with E-state index in [1.54, 1.807) is 14.2 Å². The van der Waals surface area contributed by atoms with E-state index in [1.165, 1.54) is 16.6 Å². The molecule has 3 aliphatic rings. The van der Waals surface area contributed by atoms with Crippen LogP contribution in [0.3, 0.4) is 0 Å². The van der Waals surface area contributed by atoms with Gasteiger partial charge < -0.3 is 24.0 Å². The van der Waals surface area contributed by atoms with E-state index in [-0.39, 0.29) is 24.0 Å². The van der Waals surface area contributed by atoms with Crippen LogP contribution in [-0.2, 0) is 23.8 Å². The van der Waals surface area contributed by atoms with Gasteiger partial charge in [-0.1, -0.05) is 18.2 Å². The third-order valence-corrected chi connectivity index (χ3v) is 8.94. The molecule has 1 amide bonds. The fourth-order valence-corrected chi connectivity index (χ4v) is 6.83. The van der Waals surface area contributed by atoms with Crippen LogP contribution in [0.15, 0.2) is 42.5 Å². The molecular weight excluding hydrogens is 466 g/mol. The van der Waals surface area contributed by atoms with Crippen LogP contribution in [0, 0.1) is 5.92 Å². The van der Waals surface area contributed by atoms with Crippen molar-refractivity contribution in [2.75, 3.05) is 40.5 Å². The molecule has 1 saturated carbocycles. The number of methoxy groups -OCH3 is 2. The van der Waals surface area contributed by atoms with Gasteiger partial charge in [-0.15, -0.1) is 0 Å². The van der Waals surface area contributed by atoms with Crippen LogP contribution in [0.5, 0.6) is 11.5 Å². The third-order valence-electron chi connectivity index (χ3n) is 8.94. The zero-order valence-corrected chi connectivity index (χ0v) is 22.1. The maximum atomic E-state index is 12.9. The molecule has 0 bridgehead atoms. The van der Waals surface area contributed by atoms with Crippen LogP contribution < -0.4 is 9.47 Å². The molecule has 1 N–H and O–H groups in total. The molecule has 1 aliphatic carbocycles. The molecule has 2 aromatic carbocycles. The predicted octanol–water partition coefficient (Wildman–Crippen LogP) is 4.01. The molecule has 3 aromatic rings. The Balaban J connectivity index is 1.45. The van der Waals surface area contributed by atoms with E-state index in [1.807, 2.05) is 24.3 Å². The molecule has 1 spiro atoms. The van der Waals surface area contributed by atoms with Crippen LogP contribution >= 0.6 is 0 Å². The van der Waals surface area contributed by atoms with E-state index in [9.17, 15) is 9.90 Å². The molecule has 0 radical (unpaired) electrons. The molecule has 196 valence electrons. The van der Waals surface area contributed by atoms with Gasteiger partial charge in [-0.3, -0.25) is 9.69 Å². The summed E-state index contributed by atoms with van der Waals surface area (Å²) in [6.07, 6.45) is 3.93. The first-order chi connectivity index (χ1) is 18.0. The normalized spacial score (nSPS) is 21.3. The molecule has 37 heavy (non-hydrogen) atoms. The standard InChI is InChI=1S/C30H37N3O4/c1-31-24-16-22(36-2)10-11-23(24)27-28(31)25(18-34)33(17-21-6-4-5-7-26(21)37-3)19-30(27)12-14-32(15-13-30)29(35)20-8-9-20/h4-7,10-11,16,20,25,34H,8-9,12-15,17-19H2,1-3H3/t25-/m0/s1. The van der Waals surface area contributed by atoms with E-state index >= 15 is 0 Å². The molecule has 1 aromatic heterocycles. The van der Waals surface area contributed by atoms with Gasteiger partial charge >= 0.3 is 0 Å². The molecule has 6 rings (SSSR count). The SMILES string of the molecule is COc1ccc2c3c(n(C)c2c1)[C@H](CO)N(Cc1ccccc1OC)CC31CCN(C(=O)C2CC2)CC1. The molecular formula is C30H37N3O4. The van der Waals surface area contributed by atoms with Crippen molar-refractivity contribution >= 4 is 16.8 Å². The number of hydrogen-bond donors (Lipinski definition) is 1. The minimum absolute atomic E-state index is 0.0335. The number of aliphatic hydroxyl groups excluding tert-OH is 1. The quantitative estimate of drug-likeness (QED) is 0.551. The van der Waals surface area contributed by atoms with Crippen molar-refractivity contribution < 1.29 is 19.4 Å². The lowest BCUT2D eigenvalue weighted by Gasteiger charge is -2.50. The summed E-state index contributed by atoms with van der Waals surface area (Å²) in [5.74, 6) is 2.29. The lowest BCUT2D eigenvalue weighted by atomic mass is 9.68. The number of aromatic nitrogens is 1. The monoisotopic (exact) mass is 503 g/mol. The van der Waals surface area contributed by atoms with Crippen LogP contribution in [-0.4, -0.2) is 65.8 Å². The van der Waals surface area contributed by atoms with E-state index in [4.69, 9.17) is 9.47 Å². The molecule has 0 unspecified atom stereocenters. The highest BCUT2D eigenvalue weighted by Gasteiger charge is 2.49. The summed E-state index contributed by atoms with van der Waals surface area (Å²) in [6, 6.07) is 14.3. The molecule has 2 fully saturated rings. The minimum Gasteiger partial charge on any atom is -0.497 e. The van der Waals surface area contributed by atoms with Crippen LogP contribution in [0.25, 0.3) is 10.9 Å². The van der Waals surface area contributed by atoms with E-state index in [2.05, 4.69) is 39.6 Å². The van der Waals surface area contributed by atoms with E-state index in [0.717, 1.165) is 67.9 Å². The number of hydrogen-bond acceptors (Lipinski definition) is 5.